The SMILES string of the molecule is CC.Cc1cc(OCC#CCN)nc(N2CCC(S/C(N)=C/C=C(\N)NC(=O)c3ccccc3N(C)C)CC2)n1. The van der Waals surface area contributed by atoms with E-state index in [4.69, 9.17) is 21.9 Å². The Kier molecular flexibility index (Phi) is 13.7. The first-order valence-corrected chi connectivity index (χ1v) is 14.2. The molecule has 1 saturated heterocycles. The summed E-state index contributed by atoms with van der Waals surface area (Å²) in [6.07, 6.45) is 5.19. The summed E-state index contributed by atoms with van der Waals surface area (Å²) in [4.78, 5) is 25.8. The molecular formula is C29H42N8O2S. The molecule has 0 spiro atoms. The van der Waals surface area contributed by atoms with E-state index in [1.54, 1.807) is 36.0 Å². The molecule has 1 fully saturated rings. The molecule has 3 rings (SSSR count). The first-order valence-electron chi connectivity index (χ1n) is 13.3. The number of amides is 1. The van der Waals surface area contributed by atoms with Crippen molar-refractivity contribution in [1.29, 1.82) is 0 Å². The average Bonchev–Trinajstić information content (AvgIpc) is 2.95. The first-order chi connectivity index (χ1) is 19.3. The summed E-state index contributed by atoms with van der Waals surface area (Å²) < 4.78 is 5.63. The van der Waals surface area contributed by atoms with Crippen LogP contribution in [0, 0.1) is 18.8 Å². The predicted octanol–water partition coefficient (Wildman–Crippen LogP) is 2.95. The molecule has 216 valence electrons. The van der Waals surface area contributed by atoms with Crippen LogP contribution >= 0.6 is 11.8 Å². The van der Waals surface area contributed by atoms with E-state index < -0.39 is 0 Å². The fourth-order valence-electron chi connectivity index (χ4n) is 3.85. The lowest BCUT2D eigenvalue weighted by molar-refractivity contribution is 0.0966. The molecule has 2 heterocycles. The monoisotopic (exact) mass is 566 g/mol. The van der Waals surface area contributed by atoms with Crippen LogP contribution in [0.15, 0.2) is 53.3 Å². The zero-order valence-corrected chi connectivity index (χ0v) is 24.9. The summed E-state index contributed by atoms with van der Waals surface area (Å²) in [5.41, 5.74) is 19.8. The average molecular weight is 567 g/mol. The van der Waals surface area contributed by atoms with E-state index in [9.17, 15) is 4.79 Å². The lowest BCUT2D eigenvalue weighted by Crippen LogP contribution is -2.36. The molecule has 0 saturated carbocycles. The number of rotatable bonds is 9. The molecule has 11 heteroatoms. The summed E-state index contributed by atoms with van der Waals surface area (Å²) in [7, 11) is 3.77. The number of anilines is 2. The van der Waals surface area contributed by atoms with Crippen molar-refractivity contribution in [1.82, 2.24) is 15.3 Å². The number of hydrogen-bond acceptors (Lipinski definition) is 10. The number of nitrogens with one attached hydrogen (secondary N) is 1. The quantitative estimate of drug-likeness (QED) is 0.264. The third-order valence-electron chi connectivity index (χ3n) is 5.68. The minimum Gasteiger partial charge on any atom is -0.464 e. The molecule has 1 aromatic heterocycles. The largest absolute Gasteiger partial charge is 0.464 e. The number of nitrogens with two attached hydrogens (primary N) is 3. The number of carbonyl (C=O) groups is 1. The molecular weight excluding hydrogens is 524 g/mol. The standard InChI is InChI=1S/C27H36N8O2S.C2H6/c1-19-18-25(37-17-7-6-14-28)33-27(31-19)35-15-12-20(13-16-35)38-24(30)11-10-23(29)32-26(36)21-8-4-5-9-22(21)34(2)3;1-2/h4-5,8-11,18,20H,12-17,28-30H2,1-3H3,(H,32,36);1-2H3/b23-10+,24-11+;. The predicted molar refractivity (Wildman–Crippen MR) is 166 cm³/mol. The number of nitrogens with zero attached hydrogens (tertiary/aromatic N) is 4. The van der Waals surface area contributed by atoms with E-state index in [1.165, 1.54) is 0 Å². The van der Waals surface area contributed by atoms with Crippen molar-refractivity contribution in [3.05, 3.63) is 64.6 Å². The third kappa shape index (κ3) is 10.4. The van der Waals surface area contributed by atoms with Gasteiger partial charge in [0.2, 0.25) is 11.8 Å². The van der Waals surface area contributed by atoms with Crippen molar-refractivity contribution < 1.29 is 9.53 Å². The summed E-state index contributed by atoms with van der Waals surface area (Å²) >= 11 is 1.61. The minimum atomic E-state index is -0.273. The fourth-order valence-corrected chi connectivity index (χ4v) is 4.82. The van der Waals surface area contributed by atoms with Crippen LogP contribution in [-0.2, 0) is 0 Å². The molecule has 0 atom stereocenters. The number of para-hydroxylation sites is 1. The molecule has 10 nitrogen and oxygen atoms in total. The highest BCUT2D eigenvalue weighted by atomic mass is 32.2. The van der Waals surface area contributed by atoms with Crippen LogP contribution in [0.1, 0.15) is 42.7 Å². The Morgan fingerprint density at radius 2 is 1.88 bits per heavy atom. The van der Waals surface area contributed by atoms with Gasteiger partial charge in [-0.05, 0) is 44.1 Å². The summed E-state index contributed by atoms with van der Waals surface area (Å²) in [6, 6.07) is 9.14. The molecule has 2 aromatic rings. The highest BCUT2D eigenvalue weighted by Crippen LogP contribution is 2.29. The molecule has 1 aliphatic heterocycles. The number of carbonyl (C=O) groups excluding carboxylic acids is 1. The normalized spacial score (nSPS) is 13.9. The second kappa shape index (κ2) is 16.9. The van der Waals surface area contributed by atoms with Gasteiger partial charge in [0.25, 0.3) is 5.91 Å². The van der Waals surface area contributed by atoms with Gasteiger partial charge in [-0.25, -0.2) is 4.98 Å². The number of hydrogen-bond donors (Lipinski definition) is 4. The topological polar surface area (TPSA) is 149 Å². The van der Waals surface area contributed by atoms with E-state index in [-0.39, 0.29) is 18.3 Å². The summed E-state index contributed by atoms with van der Waals surface area (Å²) in [5.74, 6) is 6.72. The maximum Gasteiger partial charge on any atom is 0.258 e. The van der Waals surface area contributed by atoms with Crippen molar-refractivity contribution in [2.24, 2.45) is 17.2 Å². The Morgan fingerprint density at radius 3 is 2.55 bits per heavy atom. The van der Waals surface area contributed by atoms with E-state index in [0.29, 0.717) is 34.2 Å². The van der Waals surface area contributed by atoms with Crippen LogP contribution in [0.3, 0.4) is 0 Å². The highest BCUT2D eigenvalue weighted by molar-refractivity contribution is 8.03. The number of ether oxygens (including phenoxy) is 1. The van der Waals surface area contributed by atoms with Gasteiger partial charge >= 0.3 is 0 Å². The van der Waals surface area contributed by atoms with Crippen LogP contribution in [0.4, 0.5) is 11.6 Å². The lowest BCUT2D eigenvalue weighted by Gasteiger charge is -2.31. The number of thioether (sulfide) groups is 1. The Hall–Kier alpha value is -3.88. The molecule has 0 bridgehead atoms. The molecule has 0 unspecified atom stereocenters. The molecule has 40 heavy (non-hydrogen) atoms. The summed E-state index contributed by atoms with van der Waals surface area (Å²) in [5, 5.41) is 3.71. The van der Waals surface area contributed by atoms with Gasteiger partial charge < -0.3 is 37.1 Å². The molecule has 0 radical (unpaired) electrons. The molecule has 1 aliphatic rings. The number of allylic oxidation sites excluding steroid dienone is 2. The maximum atomic E-state index is 12.7. The van der Waals surface area contributed by atoms with Gasteiger partial charge in [0.15, 0.2) is 6.61 Å². The molecule has 1 amide bonds. The van der Waals surface area contributed by atoms with Gasteiger partial charge in [-0.15, -0.1) is 11.8 Å². The fraction of sp³-hybridized carbons (Fsp3) is 0.414. The zero-order chi connectivity index (χ0) is 29.5. The zero-order valence-electron chi connectivity index (χ0n) is 24.1. The van der Waals surface area contributed by atoms with Crippen molar-refractivity contribution in [2.45, 2.75) is 38.9 Å². The van der Waals surface area contributed by atoms with Gasteiger partial charge in [-0.1, -0.05) is 37.8 Å². The maximum absolute atomic E-state index is 12.7. The van der Waals surface area contributed by atoms with Gasteiger partial charge in [0, 0.05) is 49.9 Å². The van der Waals surface area contributed by atoms with E-state index in [0.717, 1.165) is 37.3 Å². The second-order valence-corrected chi connectivity index (χ2v) is 10.2. The number of piperidine rings is 1. The minimum absolute atomic E-state index is 0.227. The number of aromatic nitrogens is 2. The first kappa shape index (κ1) is 32.3. The molecule has 7 N–H and O–H groups in total. The number of benzene rings is 1. The van der Waals surface area contributed by atoms with E-state index >= 15 is 0 Å². The Labute approximate surface area is 242 Å². The van der Waals surface area contributed by atoms with Crippen molar-refractivity contribution in [2.75, 3.05) is 50.1 Å². The third-order valence-corrected chi connectivity index (χ3v) is 6.89. The molecule has 1 aromatic carbocycles. The van der Waals surface area contributed by atoms with Crippen molar-refractivity contribution >= 4 is 29.3 Å². The highest BCUT2D eigenvalue weighted by Gasteiger charge is 2.22. The van der Waals surface area contributed by atoms with E-state index in [1.807, 2.05) is 58.0 Å². The smallest absolute Gasteiger partial charge is 0.258 e. The Balaban J connectivity index is 0.00000274. The van der Waals surface area contributed by atoms with Crippen LogP contribution in [0.2, 0.25) is 0 Å². The van der Waals surface area contributed by atoms with Crippen LogP contribution in [-0.4, -0.2) is 61.5 Å². The van der Waals surface area contributed by atoms with Crippen molar-refractivity contribution in [3.63, 3.8) is 0 Å². The van der Waals surface area contributed by atoms with Crippen molar-refractivity contribution in [3.8, 4) is 17.7 Å². The lowest BCUT2D eigenvalue weighted by atomic mass is 10.1. The Morgan fingerprint density at radius 1 is 1.18 bits per heavy atom. The van der Waals surface area contributed by atoms with Crippen LogP contribution in [0.5, 0.6) is 5.88 Å². The van der Waals surface area contributed by atoms with Crippen LogP contribution < -0.4 is 37.1 Å². The number of aryl methyl sites for hydroxylation is 1. The van der Waals surface area contributed by atoms with Gasteiger partial charge in [0.05, 0.1) is 17.1 Å². The Bertz CT molecular complexity index is 1230. The van der Waals surface area contributed by atoms with Crippen LogP contribution in [0.25, 0.3) is 0 Å². The van der Waals surface area contributed by atoms with Gasteiger partial charge in [0.1, 0.15) is 5.82 Å². The second-order valence-electron chi connectivity index (χ2n) is 8.85. The van der Waals surface area contributed by atoms with Gasteiger partial charge in [-0.2, -0.15) is 4.98 Å². The summed E-state index contributed by atoms with van der Waals surface area (Å²) in [6.45, 7) is 8.07. The van der Waals surface area contributed by atoms with Gasteiger partial charge in [-0.3, -0.25) is 4.79 Å². The van der Waals surface area contributed by atoms with E-state index in [2.05, 4.69) is 32.0 Å². The molecule has 0 aliphatic carbocycles.